The Morgan fingerprint density at radius 2 is 1.00 bits per heavy atom. The van der Waals surface area contributed by atoms with Gasteiger partial charge in [-0.2, -0.15) is 0 Å². The fraction of sp³-hybridized carbons (Fsp3) is 0.0741. The average molecular weight is 409 g/mol. The molecule has 0 heterocycles. The maximum Gasteiger partial charge on any atom is 0.421 e. The van der Waals surface area contributed by atoms with E-state index in [9.17, 15) is 4.79 Å². The van der Waals surface area contributed by atoms with Crippen LogP contribution in [0.1, 0.15) is 22.3 Å². The molecule has 0 aliphatic heterocycles. The van der Waals surface area contributed by atoms with Crippen LogP contribution in [-0.2, 0) is 16.9 Å². The van der Waals surface area contributed by atoms with Crippen molar-refractivity contribution >= 4 is 6.09 Å². The van der Waals surface area contributed by atoms with Gasteiger partial charge in [-0.05, 0) is 22.3 Å². The minimum atomic E-state index is -0.796. The van der Waals surface area contributed by atoms with Gasteiger partial charge in [0.15, 0.2) is 0 Å². The van der Waals surface area contributed by atoms with Gasteiger partial charge in [0.25, 0.3) is 0 Å². The van der Waals surface area contributed by atoms with Crippen LogP contribution in [0, 0.1) is 0 Å². The van der Waals surface area contributed by atoms with E-state index in [-0.39, 0.29) is 6.61 Å². The van der Waals surface area contributed by atoms with Crippen LogP contribution in [0.4, 0.5) is 4.79 Å². The topological polar surface area (TPSA) is 50.4 Å². The summed E-state index contributed by atoms with van der Waals surface area (Å²) in [5, 5.41) is 0. The Morgan fingerprint density at radius 3 is 1.42 bits per heavy atom. The van der Waals surface area contributed by atoms with E-state index in [1.807, 2.05) is 121 Å². The molecule has 0 spiro atoms. The number of hydrogen-bond donors (Lipinski definition) is 2. The van der Waals surface area contributed by atoms with E-state index in [0.717, 1.165) is 22.3 Å². The van der Waals surface area contributed by atoms with Crippen LogP contribution >= 0.6 is 0 Å². The Labute approximate surface area is 182 Å². The van der Waals surface area contributed by atoms with Gasteiger partial charge in [0.1, 0.15) is 12.1 Å². The van der Waals surface area contributed by atoms with Crippen LogP contribution in [0.25, 0.3) is 0 Å². The summed E-state index contributed by atoms with van der Waals surface area (Å²) in [5.74, 6) is 0. The first kappa shape index (κ1) is 20.4. The monoisotopic (exact) mass is 408 g/mol. The second-order valence-corrected chi connectivity index (χ2v) is 7.16. The third kappa shape index (κ3) is 4.65. The molecule has 0 atom stereocenters. The second kappa shape index (κ2) is 9.74. The third-order valence-electron chi connectivity index (χ3n) is 5.19. The molecular weight excluding hydrogens is 384 g/mol. The molecule has 0 aromatic heterocycles. The Hall–Kier alpha value is -3.89. The smallest absolute Gasteiger partial charge is 0.421 e. The van der Waals surface area contributed by atoms with Gasteiger partial charge in [0, 0.05) is 0 Å². The molecule has 0 radical (unpaired) electrons. The first-order valence-electron chi connectivity index (χ1n) is 10.2. The van der Waals surface area contributed by atoms with Crippen molar-refractivity contribution < 1.29 is 9.53 Å². The minimum Gasteiger partial charge on any atom is -0.444 e. The number of carbonyl (C=O) groups excluding carboxylic acids is 1. The molecule has 0 saturated heterocycles. The van der Waals surface area contributed by atoms with E-state index in [1.165, 1.54) is 0 Å². The molecule has 0 saturated carbocycles. The SMILES string of the molecule is O=C(NNC(c1ccccc1)(c1ccccc1)c1ccccc1)OCc1ccccc1. The van der Waals surface area contributed by atoms with Crippen molar-refractivity contribution in [1.82, 2.24) is 10.9 Å². The molecule has 1 amide bonds. The highest BCUT2D eigenvalue weighted by atomic mass is 16.6. The molecular formula is C27H24N2O2. The van der Waals surface area contributed by atoms with Crippen LogP contribution in [0.15, 0.2) is 121 Å². The maximum absolute atomic E-state index is 12.6. The molecule has 4 aromatic rings. The maximum atomic E-state index is 12.6. The molecule has 0 bridgehead atoms. The summed E-state index contributed by atoms with van der Waals surface area (Å²) >= 11 is 0. The van der Waals surface area contributed by atoms with Crippen LogP contribution < -0.4 is 10.9 Å². The first-order valence-corrected chi connectivity index (χ1v) is 10.2. The number of benzene rings is 4. The molecule has 0 aliphatic rings. The summed E-state index contributed by atoms with van der Waals surface area (Å²) in [4.78, 5) is 12.6. The van der Waals surface area contributed by atoms with Crippen LogP contribution in [0.3, 0.4) is 0 Å². The molecule has 31 heavy (non-hydrogen) atoms. The summed E-state index contributed by atoms with van der Waals surface area (Å²) < 4.78 is 5.42. The molecule has 4 aromatic carbocycles. The van der Waals surface area contributed by atoms with E-state index in [1.54, 1.807) is 0 Å². The summed E-state index contributed by atoms with van der Waals surface area (Å²) in [7, 11) is 0. The van der Waals surface area contributed by atoms with E-state index >= 15 is 0 Å². The lowest BCUT2D eigenvalue weighted by Crippen LogP contribution is -2.53. The zero-order chi connectivity index (χ0) is 21.4. The molecule has 0 aliphatic carbocycles. The highest BCUT2D eigenvalue weighted by Gasteiger charge is 2.36. The standard InChI is InChI=1S/C27H24N2O2/c30-26(31-21-22-13-5-1-6-14-22)28-29-27(23-15-7-2-8-16-23,24-17-9-3-10-18-24)25-19-11-4-12-20-25/h1-20,29H,21H2,(H,28,30). The zero-order valence-electron chi connectivity index (χ0n) is 17.1. The predicted octanol–water partition coefficient (Wildman–Crippen LogP) is 5.41. The molecule has 0 unspecified atom stereocenters. The highest BCUT2D eigenvalue weighted by molar-refractivity contribution is 5.67. The predicted molar refractivity (Wildman–Crippen MR) is 122 cm³/mol. The van der Waals surface area contributed by atoms with Gasteiger partial charge >= 0.3 is 6.09 Å². The molecule has 4 nitrogen and oxygen atoms in total. The normalized spacial score (nSPS) is 11.0. The number of amides is 1. The Balaban J connectivity index is 1.66. The lowest BCUT2D eigenvalue weighted by atomic mass is 9.77. The highest BCUT2D eigenvalue weighted by Crippen LogP contribution is 2.36. The van der Waals surface area contributed by atoms with Gasteiger partial charge in [-0.25, -0.2) is 10.2 Å². The zero-order valence-corrected chi connectivity index (χ0v) is 17.1. The molecule has 154 valence electrons. The Kier molecular flexibility index (Phi) is 6.41. The van der Waals surface area contributed by atoms with Gasteiger partial charge in [-0.1, -0.05) is 121 Å². The molecule has 0 fully saturated rings. The summed E-state index contributed by atoms with van der Waals surface area (Å²) in [6.07, 6.45) is -0.545. The quantitative estimate of drug-likeness (QED) is 0.318. The Morgan fingerprint density at radius 1 is 0.613 bits per heavy atom. The summed E-state index contributed by atoms with van der Waals surface area (Å²) in [6, 6.07) is 39.8. The number of hydrogen-bond acceptors (Lipinski definition) is 3. The number of hydrazine groups is 1. The van der Waals surface area contributed by atoms with Gasteiger partial charge in [0.2, 0.25) is 0 Å². The molecule has 4 heteroatoms. The number of ether oxygens (including phenoxy) is 1. The van der Waals surface area contributed by atoms with Crippen LogP contribution in [-0.4, -0.2) is 6.09 Å². The minimum absolute atomic E-state index is 0.198. The van der Waals surface area contributed by atoms with Gasteiger partial charge < -0.3 is 4.74 Å². The van der Waals surface area contributed by atoms with Gasteiger partial charge in [0.05, 0.1) is 0 Å². The van der Waals surface area contributed by atoms with Crippen LogP contribution in [0.5, 0.6) is 0 Å². The Bertz CT molecular complexity index is 988. The van der Waals surface area contributed by atoms with E-state index in [2.05, 4.69) is 10.9 Å². The fourth-order valence-electron chi connectivity index (χ4n) is 3.68. The van der Waals surface area contributed by atoms with Crippen molar-refractivity contribution in [1.29, 1.82) is 0 Å². The van der Waals surface area contributed by atoms with Crippen molar-refractivity contribution in [2.24, 2.45) is 0 Å². The van der Waals surface area contributed by atoms with Crippen molar-refractivity contribution in [3.05, 3.63) is 144 Å². The number of nitrogens with one attached hydrogen (secondary N) is 2. The summed E-state index contributed by atoms with van der Waals surface area (Å²) in [6.45, 7) is 0.198. The number of carbonyl (C=O) groups is 1. The number of rotatable bonds is 7. The summed E-state index contributed by atoms with van der Waals surface area (Å²) in [5.41, 5.74) is 9.19. The van der Waals surface area contributed by atoms with Crippen LogP contribution in [0.2, 0.25) is 0 Å². The second-order valence-electron chi connectivity index (χ2n) is 7.16. The van der Waals surface area contributed by atoms with Gasteiger partial charge in [-0.3, -0.25) is 5.43 Å². The van der Waals surface area contributed by atoms with Gasteiger partial charge in [-0.15, -0.1) is 0 Å². The fourth-order valence-corrected chi connectivity index (χ4v) is 3.68. The largest absolute Gasteiger partial charge is 0.444 e. The van der Waals surface area contributed by atoms with Crippen molar-refractivity contribution in [2.75, 3.05) is 0 Å². The van der Waals surface area contributed by atoms with Crippen molar-refractivity contribution in [3.8, 4) is 0 Å². The van der Waals surface area contributed by atoms with Crippen molar-refractivity contribution in [3.63, 3.8) is 0 Å². The van der Waals surface area contributed by atoms with E-state index in [0.29, 0.717) is 0 Å². The van der Waals surface area contributed by atoms with E-state index in [4.69, 9.17) is 4.74 Å². The van der Waals surface area contributed by atoms with Crippen molar-refractivity contribution in [2.45, 2.75) is 12.1 Å². The molecule has 2 N–H and O–H groups in total. The first-order chi connectivity index (χ1) is 15.3. The third-order valence-corrected chi connectivity index (χ3v) is 5.19. The lowest BCUT2D eigenvalue weighted by Gasteiger charge is -2.36. The van der Waals surface area contributed by atoms with E-state index < -0.39 is 11.6 Å². The average Bonchev–Trinajstić information content (AvgIpc) is 2.86. The lowest BCUT2D eigenvalue weighted by molar-refractivity contribution is 0.131. The molecule has 4 rings (SSSR count).